The number of fused-ring (bicyclic) bond motifs is 1. The lowest BCUT2D eigenvalue weighted by atomic mass is 10.0. The minimum Gasteiger partial charge on any atom is -0.465 e. The van der Waals surface area contributed by atoms with Crippen LogP contribution in [0.2, 0.25) is 0 Å². The fourth-order valence-corrected chi connectivity index (χ4v) is 4.30. The summed E-state index contributed by atoms with van der Waals surface area (Å²) >= 11 is 0. The molecule has 0 spiro atoms. The number of aliphatic hydroxyl groups excluding tert-OH is 1. The molecule has 1 aromatic heterocycles. The van der Waals surface area contributed by atoms with Gasteiger partial charge in [0.1, 0.15) is 11.9 Å². The third kappa shape index (κ3) is 2.84. The summed E-state index contributed by atoms with van der Waals surface area (Å²) in [7, 11) is 3.28. The third-order valence-electron chi connectivity index (χ3n) is 5.57. The Bertz CT molecular complexity index is 683. The van der Waals surface area contributed by atoms with Crippen LogP contribution in [0.25, 0.3) is 0 Å². The van der Waals surface area contributed by atoms with E-state index < -0.39 is 5.97 Å². The van der Waals surface area contributed by atoms with Gasteiger partial charge in [-0.1, -0.05) is 0 Å². The van der Waals surface area contributed by atoms with Gasteiger partial charge < -0.3 is 14.7 Å². The van der Waals surface area contributed by atoms with Gasteiger partial charge in [0, 0.05) is 13.1 Å². The maximum atomic E-state index is 11.8. The predicted octanol–water partition coefficient (Wildman–Crippen LogP) is 2.03. The number of aliphatic hydroxyl groups is 1. The lowest BCUT2D eigenvalue weighted by Crippen LogP contribution is -2.32. The Labute approximate surface area is 142 Å². The van der Waals surface area contributed by atoms with E-state index >= 15 is 0 Å². The summed E-state index contributed by atoms with van der Waals surface area (Å²) < 4.78 is 4.75. The topological polar surface area (TPSA) is 86.5 Å². The van der Waals surface area contributed by atoms with E-state index in [1.807, 2.05) is 7.05 Å². The number of carbonyl (C=O) groups excluding carboxylic acids is 1. The number of aromatic nitrogens is 1. The molecule has 4 atom stereocenters. The van der Waals surface area contributed by atoms with Crippen molar-refractivity contribution in [2.24, 2.45) is 11.8 Å². The minimum absolute atomic E-state index is 0.152. The van der Waals surface area contributed by atoms with E-state index in [-0.39, 0.29) is 6.10 Å². The Morgan fingerprint density at radius 2 is 2.00 bits per heavy atom. The Morgan fingerprint density at radius 3 is 2.54 bits per heavy atom. The van der Waals surface area contributed by atoms with Crippen molar-refractivity contribution in [2.45, 2.75) is 44.8 Å². The van der Waals surface area contributed by atoms with E-state index in [4.69, 9.17) is 4.74 Å². The van der Waals surface area contributed by atoms with Crippen LogP contribution < -0.4 is 4.90 Å². The van der Waals surface area contributed by atoms with Crippen LogP contribution in [-0.4, -0.2) is 42.4 Å². The number of nitrogens with zero attached hydrogens (tertiary/aromatic N) is 3. The molecule has 6 heteroatoms. The molecule has 3 rings (SSSR count). The molecule has 1 N–H and O–H groups in total. The zero-order valence-electron chi connectivity index (χ0n) is 14.3. The summed E-state index contributed by atoms with van der Waals surface area (Å²) in [5.41, 5.74) is 1.29. The zero-order valence-corrected chi connectivity index (χ0v) is 14.3. The number of rotatable bonds is 3. The summed E-state index contributed by atoms with van der Waals surface area (Å²) in [4.78, 5) is 18.4. The van der Waals surface area contributed by atoms with Crippen molar-refractivity contribution in [2.75, 3.05) is 19.1 Å². The van der Waals surface area contributed by atoms with E-state index in [2.05, 4.69) is 16.0 Å². The standard InChI is InChI=1S/C18H23N3O3/c1-10-16(18(23)24-3)8-13(9-19)17(20-10)21(2)14-4-11-6-15(22)7-12(11)5-14/h8,11-12,14-15,22H,4-7H2,1-3H3/t11-,12+,14?,15?. The molecule has 2 aliphatic rings. The lowest BCUT2D eigenvalue weighted by Gasteiger charge is -2.28. The van der Waals surface area contributed by atoms with Gasteiger partial charge in [0.05, 0.1) is 30.0 Å². The second kappa shape index (κ2) is 6.40. The monoisotopic (exact) mass is 329 g/mol. The molecule has 0 aliphatic heterocycles. The molecule has 24 heavy (non-hydrogen) atoms. The predicted molar refractivity (Wildman–Crippen MR) is 88.7 cm³/mol. The lowest BCUT2D eigenvalue weighted by molar-refractivity contribution is 0.0599. The largest absolute Gasteiger partial charge is 0.465 e. The van der Waals surface area contributed by atoms with Crippen LogP contribution in [-0.2, 0) is 4.74 Å². The number of methoxy groups -OCH3 is 1. The van der Waals surface area contributed by atoms with Crippen molar-refractivity contribution >= 4 is 11.8 Å². The highest BCUT2D eigenvalue weighted by atomic mass is 16.5. The second-order valence-electron chi connectivity index (χ2n) is 6.98. The average molecular weight is 329 g/mol. The summed E-state index contributed by atoms with van der Waals surface area (Å²) in [6, 6.07) is 4.04. The van der Waals surface area contributed by atoms with Gasteiger partial charge in [-0.15, -0.1) is 0 Å². The first-order valence-corrected chi connectivity index (χ1v) is 8.35. The fourth-order valence-electron chi connectivity index (χ4n) is 4.30. The van der Waals surface area contributed by atoms with E-state index in [0.29, 0.717) is 40.5 Å². The normalized spacial score (nSPS) is 28.3. The molecule has 1 heterocycles. The quantitative estimate of drug-likeness (QED) is 0.854. The molecule has 0 saturated heterocycles. The highest BCUT2D eigenvalue weighted by Crippen LogP contribution is 2.46. The number of ether oxygens (including phenoxy) is 1. The molecule has 0 aromatic carbocycles. The van der Waals surface area contributed by atoms with Gasteiger partial charge in [-0.2, -0.15) is 5.26 Å². The van der Waals surface area contributed by atoms with E-state index in [1.54, 1.807) is 13.0 Å². The van der Waals surface area contributed by atoms with Gasteiger partial charge in [-0.05, 0) is 50.5 Å². The molecule has 2 aliphatic carbocycles. The number of hydrogen-bond acceptors (Lipinski definition) is 6. The molecule has 0 amide bonds. The number of nitriles is 1. The molecule has 0 bridgehead atoms. The van der Waals surface area contributed by atoms with E-state index in [1.165, 1.54) is 7.11 Å². The van der Waals surface area contributed by atoms with Gasteiger partial charge in [0.25, 0.3) is 0 Å². The molecule has 2 unspecified atom stereocenters. The smallest absolute Gasteiger partial charge is 0.339 e. The molecule has 0 radical (unpaired) electrons. The molecule has 1 aromatic rings. The van der Waals surface area contributed by atoms with Crippen LogP contribution in [0.4, 0.5) is 5.82 Å². The molecular formula is C18H23N3O3. The van der Waals surface area contributed by atoms with Crippen molar-refractivity contribution < 1.29 is 14.6 Å². The SMILES string of the molecule is COC(=O)c1cc(C#N)c(N(C)C2C[C@H]3CC(O)C[C@H]3C2)nc1C. The molecular weight excluding hydrogens is 306 g/mol. The third-order valence-corrected chi connectivity index (χ3v) is 5.57. The van der Waals surface area contributed by atoms with Crippen LogP contribution in [0.5, 0.6) is 0 Å². The van der Waals surface area contributed by atoms with Crippen molar-refractivity contribution in [1.82, 2.24) is 4.98 Å². The second-order valence-corrected chi connectivity index (χ2v) is 6.98. The number of hydrogen-bond donors (Lipinski definition) is 1. The maximum Gasteiger partial charge on any atom is 0.339 e. The van der Waals surface area contributed by atoms with Gasteiger partial charge >= 0.3 is 5.97 Å². The summed E-state index contributed by atoms with van der Waals surface area (Å²) in [6.07, 6.45) is 3.65. The first-order valence-electron chi connectivity index (χ1n) is 8.35. The molecule has 128 valence electrons. The molecule has 2 saturated carbocycles. The van der Waals surface area contributed by atoms with E-state index in [0.717, 1.165) is 25.7 Å². The first-order chi connectivity index (χ1) is 11.4. The Morgan fingerprint density at radius 1 is 1.38 bits per heavy atom. The summed E-state index contributed by atoms with van der Waals surface area (Å²) in [5, 5.41) is 19.3. The van der Waals surface area contributed by atoms with Crippen molar-refractivity contribution in [3.8, 4) is 6.07 Å². The molecule has 6 nitrogen and oxygen atoms in total. The fraction of sp³-hybridized carbons (Fsp3) is 0.611. The number of esters is 1. The van der Waals surface area contributed by atoms with Crippen LogP contribution >= 0.6 is 0 Å². The highest BCUT2D eigenvalue weighted by Gasteiger charge is 2.42. The minimum atomic E-state index is -0.477. The summed E-state index contributed by atoms with van der Waals surface area (Å²) in [5.74, 6) is 1.27. The Hall–Kier alpha value is -2.13. The van der Waals surface area contributed by atoms with Crippen LogP contribution in [0.3, 0.4) is 0 Å². The van der Waals surface area contributed by atoms with Crippen molar-refractivity contribution in [3.05, 3.63) is 22.9 Å². The van der Waals surface area contributed by atoms with Crippen LogP contribution in [0, 0.1) is 30.1 Å². The number of carbonyl (C=O) groups is 1. The average Bonchev–Trinajstić information content (AvgIpc) is 3.10. The van der Waals surface area contributed by atoms with Gasteiger partial charge in [-0.25, -0.2) is 9.78 Å². The van der Waals surface area contributed by atoms with Crippen LogP contribution in [0.15, 0.2) is 6.07 Å². The highest BCUT2D eigenvalue weighted by molar-refractivity contribution is 5.91. The van der Waals surface area contributed by atoms with Crippen molar-refractivity contribution in [3.63, 3.8) is 0 Å². The zero-order chi connectivity index (χ0) is 17.4. The Balaban J connectivity index is 1.85. The van der Waals surface area contributed by atoms with Gasteiger partial charge in [0.15, 0.2) is 0 Å². The Kier molecular flexibility index (Phi) is 4.46. The number of pyridine rings is 1. The van der Waals surface area contributed by atoms with Gasteiger partial charge in [0.2, 0.25) is 0 Å². The van der Waals surface area contributed by atoms with Crippen LogP contribution in [0.1, 0.15) is 47.3 Å². The summed E-state index contributed by atoms with van der Waals surface area (Å²) in [6.45, 7) is 1.75. The first kappa shape index (κ1) is 16.7. The number of anilines is 1. The maximum absolute atomic E-state index is 11.8. The van der Waals surface area contributed by atoms with Gasteiger partial charge in [-0.3, -0.25) is 0 Å². The van der Waals surface area contributed by atoms with E-state index in [9.17, 15) is 15.2 Å². The van der Waals surface area contributed by atoms with Crippen molar-refractivity contribution in [1.29, 1.82) is 5.26 Å². The number of aryl methyl sites for hydroxylation is 1. The molecule has 2 fully saturated rings.